The Bertz CT molecular complexity index is 2070. The van der Waals surface area contributed by atoms with Crippen LogP contribution < -0.4 is 0 Å². The highest BCUT2D eigenvalue weighted by Crippen LogP contribution is 2.51. The van der Waals surface area contributed by atoms with Gasteiger partial charge in [-0.25, -0.2) is 0 Å². The monoisotopic (exact) mass is 497 g/mol. The van der Waals surface area contributed by atoms with Crippen LogP contribution in [-0.4, -0.2) is 4.57 Å². The smallest absolute Gasteiger partial charge is 0.0577 e. The number of rotatable bonds is 2. The Hall–Kier alpha value is -4.62. The first-order valence-corrected chi connectivity index (χ1v) is 14.1. The lowest BCUT2D eigenvalue weighted by Crippen LogP contribution is -2.10. The largest absolute Gasteiger partial charge is 0.312 e. The molecule has 0 saturated heterocycles. The van der Waals surface area contributed by atoms with Gasteiger partial charge < -0.3 is 4.57 Å². The molecule has 1 aromatic heterocycles. The summed E-state index contributed by atoms with van der Waals surface area (Å²) in [5, 5.41) is 5.32. The van der Waals surface area contributed by atoms with E-state index in [1.165, 1.54) is 71.7 Å². The summed E-state index contributed by atoms with van der Waals surface area (Å²) in [6, 6.07) is 36.5. The van der Waals surface area contributed by atoms with Crippen molar-refractivity contribution in [2.24, 2.45) is 0 Å². The molecule has 0 radical (unpaired) electrons. The third kappa shape index (κ3) is 3.08. The van der Waals surface area contributed by atoms with E-state index in [-0.39, 0.29) is 0 Å². The van der Waals surface area contributed by atoms with Crippen molar-refractivity contribution in [2.45, 2.75) is 24.7 Å². The second-order valence-corrected chi connectivity index (χ2v) is 11.3. The summed E-state index contributed by atoms with van der Waals surface area (Å²) >= 11 is 0. The first kappa shape index (κ1) is 21.3. The molecule has 3 aliphatic rings. The Labute approximate surface area is 228 Å². The molecule has 2 unspecified atom stereocenters. The summed E-state index contributed by atoms with van der Waals surface area (Å²) < 4.78 is 2.58. The van der Waals surface area contributed by atoms with Gasteiger partial charge in [-0.15, -0.1) is 0 Å². The Morgan fingerprint density at radius 1 is 0.692 bits per heavy atom. The molecule has 39 heavy (non-hydrogen) atoms. The lowest BCUT2D eigenvalue weighted by atomic mass is 9.81. The molecule has 0 bridgehead atoms. The van der Waals surface area contributed by atoms with E-state index in [0.29, 0.717) is 11.8 Å². The molecule has 1 heteroatoms. The molecule has 2 aliphatic carbocycles. The van der Waals surface area contributed by atoms with Gasteiger partial charge >= 0.3 is 0 Å². The zero-order chi connectivity index (χ0) is 25.5. The van der Waals surface area contributed by atoms with E-state index in [9.17, 15) is 0 Å². The first-order chi connectivity index (χ1) is 19.3. The van der Waals surface area contributed by atoms with Gasteiger partial charge in [-0.2, -0.15) is 0 Å². The molecular weight excluding hydrogens is 470 g/mol. The number of fused-ring (bicyclic) bond motifs is 8. The van der Waals surface area contributed by atoms with E-state index in [1.807, 2.05) is 0 Å². The van der Waals surface area contributed by atoms with Gasteiger partial charge in [0.05, 0.1) is 11.0 Å². The minimum Gasteiger partial charge on any atom is -0.312 e. The number of aromatic nitrogens is 1. The SMILES string of the molecule is C1=CCC(c2ccc3c(c2)C=C2C(C3)c3cccc4c5cc6ccc(-c7ccccc7)cc6cc5n2c34)C=C1. The van der Waals surface area contributed by atoms with Crippen molar-refractivity contribution in [1.29, 1.82) is 0 Å². The van der Waals surface area contributed by atoms with Gasteiger partial charge in [0, 0.05) is 28.3 Å². The van der Waals surface area contributed by atoms with E-state index in [2.05, 4.69) is 132 Å². The second kappa shape index (κ2) is 7.94. The summed E-state index contributed by atoms with van der Waals surface area (Å²) in [5.74, 6) is 0.886. The van der Waals surface area contributed by atoms with Crippen LogP contribution in [-0.2, 0) is 6.42 Å². The van der Waals surface area contributed by atoms with Crippen molar-refractivity contribution in [2.75, 3.05) is 0 Å². The highest BCUT2D eigenvalue weighted by Gasteiger charge is 2.34. The Balaban J connectivity index is 1.26. The molecule has 2 atom stereocenters. The maximum absolute atomic E-state index is 2.58. The molecule has 0 fully saturated rings. The third-order valence-electron chi connectivity index (χ3n) is 9.18. The standard InChI is InChI=1S/C38H27N/c1-3-8-24(9-4-1)26-14-16-28-20-34-32-12-7-13-33-35-21-29-17-15-27(25-10-5-2-6-11-25)19-31(29)23-37(35)39(38(32)33)36(34)22-30(28)18-26/h1-10,12-20,22-23,25,35H,11,21H2. The van der Waals surface area contributed by atoms with Crippen LogP contribution in [0.15, 0.2) is 121 Å². The number of benzene rings is 5. The summed E-state index contributed by atoms with van der Waals surface area (Å²) in [6.07, 6.45) is 13.6. The van der Waals surface area contributed by atoms with E-state index < -0.39 is 0 Å². The summed E-state index contributed by atoms with van der Waals surface area (Å²) in [6.45, 7) is 0. The molecule has 0 amide bonds. The van der Waals surface area contributed by atoms with Gasteiger partial charge in [-0.1, -0.05) is 103 Å². The number of allylic oxidation sites excluding steroid dienone is 5. The minimum atomic E-state index is 0.412. The van der Waals surface area contributed by atoms with Crippen LogP contribution in [0.25, 0.3) is 55.5 Å². The fraction of sp³-hybridized carbons (Fsp3) is 0.105. The number of para-hydroxylation sites is 1. The lowest BCUT2D eigenvalue weighted by molar-refractivity contribution is 0.830. The Kier molecular flexibility index (Phi) is 4.34. The minimum absolute atomic E-state index is 0.412. The zero-order valence-electron chi connectivity index (χ0n) is 21.6. The topological polar surface area (TPSA) is 4.93 Å². The molecule has 0 spiro atoms. The van der Waals surface area contributed by atoms with Crippen LogP contribution in [0.2, 0.25) is 0 Å². The van der Waals surface area contributed by atoms with E-state index in [0.717, 1.165) is 12.8 Å². The van der Waals surface area contributed by atoms with Gasteiger partial charge in [0.1, 0.15) is 0 Å². The molecule has 1 nitrogen and oxygen atoms in total. The van der Waals surface area contributed by atoms with Crippen molar-refractivity contribution >= 4 is 44.4 Å². The summed E-state index contributed by atoms with van der Waals surface area (Å²) in [4.78, 5) is 0. The Morgan fingerprint density at radius 3 is 2.54 bits per heavy atom. The van der Waals surface area contributed by atoms with Crippen molar-refractivity contribution in [3.63, 3.8) is 0 Å². The van der Waals surface area contributed by atoms with Gasteiger partial charge in [-0.05, 0) is 81.3 Å². The van der Waals surface area contributed by atoms with Gasteiger partial charge in [0.25, 0.3) is 0 Å². The van der Waals surface area contributed by atoms with Crippen molar-refractivity contribution in [3.8, 4) is 11.1 Å². The summed E-state index contributed by atoms with van der Waals surface area (Å²) in [5.41, 5.74) is 12.4. The average molecular weight is 498 g/mol. The lowest BCUT2D eigenvalue weighted by Gasteiger charge is -2.24. The van der Waals surface area contributed by atoms with Gasteiger partial charge in [0.15, 0.2) is 0 Å². The predicted molar refractivity (Wildman–Crippen MR) is 165 cm³/mol. The molecular formula is C38H27N. The van der Waals surface area contributed by atoms with Crippen molar-refractivity contribution in [1.82, 2.24) is 4.57 Å². The molecule has 0 saturated carbocycles. The van der Waals surface area contributed by atoms with E-state index >= 15 is 0 Å². The van der Waals surface area contributed by atoms with Crippen LogP contribution in [0.3, 0.4) is 0 Å². The van der Waals surface area contributed by atoms with Crippen LogP contribution in [0.1, 0.15) is 40.5 Å². The Morgan fingerprint density at radius 2 is 1.64 bits per heavy atom. The van der Waals surface area contributed by atoms with Crippen molar-refractivity contribution < 1.29 is 0 Å². The molecule has 184 valence electrons. The fourth-order valence-electron chi connectivity index (χ4n) is 7.26. The van der Waals surface area contributed by atoms with Crippen molar-refractivity contribution in [3.05, 3.63) is 144 Å². The molecule has 5 aromatic carbocycles. The normalized spacial score (nSPS) is 19.0. The quantitative estimate of drug-likeness (QED) is 0.224. The summed E-state index contributed by atoms with van der Waals surface area (Å²) in [7, 11) is 0. The highest BCUT2D eigenvalue weighted by molar-refractivity contribution is 6.18. The van der Waals surface area contributed by atoms with E-state index in [1.54, 1.807) is 0 Å². The highest BCUT2D eigenvalue weighted by atomic mass is 15.0. The molecule has 6 aromatic rings. The first-order valence-electron chi connectivity index (χ1n) is 14.1. The number of nitrogens with zero attached hydrogens (tertiary/aromatic N) is 1. The maximum Gasteiger partial charge on any atom is 0.0577 e. The fourth-order valence-corrected chi connectivity index (χ4v) is 7.26. The molecule has 1 aliphatic heterocycles. The van der Waals surface area contributed by atoms with Gasteiger partial charge in [-0.3, -0.25) is 0 Å². The maximum atomic E-state index is 2.58. The van der Waals surface area contributed by atoms with Crippen LogP contribution in [0.5, 0.6) is 0 Å². The van der Waals surface area contributed by atoms with Crippen LogP contribution >= 0.6 is 0 Å². The second-order valence-electron chi connectivity index (χ2n) is 11.3. The van der Waals surface area contributed by atoms with E-state index in [4.69, 9.17) is 0 Å². The predicted octanol–water partition coefficient (Wildman–Crippen LogP) is 9.87. The zero-order valence-corrected chi connectivity index (χ0v) is 21.6. The number of hydrogen-bond acceptors (Lipinski definition) is 0. The van der Waals surface area contributed by atoms with Crippen LogP contribution in [0.4, 0.5) is 0 Å². The van der Waals surface area contributed by atoms with Crippen LogP contribution in [0, 0.1) is 0 Å². The van der Waals surface area contributed by atoms with Gasteiger partial charge in [0.2, 0.25) is 0 Å². The number of hydrogen-bond donors (Lipinski definition) is 0. The third-order valence-corrected chi connectivity index (χ3v) is 9.18. The molecule has 0 N–H and O–H groups in total. The molecule has 2 heterocycles. The molecule has 9 rings (SSSR count). The average Bonchev–Trinajstić information content (AvgIpc) is 3.50.